The summed E-state index contributed by atoms with van der Waals surface area (Å²) in [6.07, 6.45) is 0.635. The molecule has 2 rings (SSSR count). The molecule has 1 aliphatic rings. The van der Waals surface area contributed by atoms with Gasteiger partial charge in [0.25, 0.3) is 5.91 Å². The predicted octanol–water partition coefficient (Wildman–Crippen LogP) is 3.03. The van der Waals surface area contributed by atoms with Crippen LogP contribution in [0.3, 0.4) is 0 Å². The van der Waals surface area contributed by atoms with Crippen LogP contribution in [0.15, 0.2) is 41.7 Å². The molecule has 0 fully saturated rings. The van der Waals surface area contributed by atoms with Gasteiger partial charge < -0.3 is 14.7 Å². The highest BCUT2D eigenvalue weighted by atomic mass is 16.5. The molecule has 1 atom stereocenters. The lowest BCUT2D eigenvalue weighted by molar-refractivity contribution is -0.129. The van der Waals surface area contributed by atoms with E-state index >= 15 is 0 Å². The number of benzene rings is 1. The second kappa shape index (κ2) is 7.18. The van der Waals surface area contributed by atoms with Crippen LogP contribution in [0.1, 0.15) is 38.8 Å². The zero-order valence-corrected chi connectivity index (χ0v) is 14.7. The molecule has 1 aromatic rings. The number of amides is 1. The minimum Gasteiger partial charge on any atom is -0.503 e. The number of Topliss-reactive ketones (excluding diaryl/α,β-unsaturated/α-hetero) is 1. The monoisotopic (exact) mass is 331 g/mol. The zero-order chi connectivity index (χ0) is 17.9. The number of carbonyl (C=O) groups excluding carboxylic acids is 2. The van der Waals surface area contributed by atoms with Crippen molar-refractivity contribution in [1.29, 1.82) is 0 Å². The van der Waals surface area contributed by atoms with E-state index in [2.05, 4.69) is 0 Å². The molecule has 24 heavy (non-hydrogen) atoms. The Hall–Kier alpha value is -2.14. The fourth-order valence-corrected chi connectivity index (χ4v) is 2.88. The van der Waals surface area contributed by atoms with Gasteiger partial charge in [0.1, 0.15) is 0 Å². The van der Waals surface area contributed by atoms with Crippen molar-refractivity contribution >= 4 is 11.7 Å². The first-order chi connectivity index (χ1) is 11.3. The van der Waals surface area contributed by atoms with Crippen molar-refractivity contribution in [2.24, 2.45) is 5.41 Å². The van der Waals surface area contributed by atoms with Gasteiger partial charge in [0.15, 0.2) is 11.5 Å². The van der Waals surface area contributed by atoms with Crippen LogP contribution in [0, 0.1) is 5.41 Å². The third-order valence-corrected chi connectivity index (χ3v) is 4.09. The van der Waals surface area contributed by atoms with E-state index in [1.54, 1.807) is 32.8 Å². The highest BCUT2D eigenvalue weighted by Crippen LogP contribution is 2.40. The lowest BCUT2D eigenvalue weighted by atomic mass is 9.82. The summed E-state index contributed by atoms with van der Waals surface area (Å²) in [7, 11) is 1.60. The summed E-state index contributed by atoms with van der Waals surface area (Å²) in [5.74, 6) is -1.13. The predicted molar refractivity (Wildman–Crippen MR) is 91.5 cm³/mol. The molecule has 0 bridgehead atoms. The van der Waals surface area contributed by atoms with E-state index in [-0.39, 0.29) is 11.4 Å². The molecule has 0 spiro atoms. The van der Waals surface area contributed by atoms with Crippen molar-refractivity contribution in [2.45, 2.75) is 33.2 Å². The largest absolute Gasteiger partial charge is 0.503 e. The molecule has 0 aromatic heterocycles. The highest BCUT2D eigenvalue weighted by Gasteiger charge is 2.45. The fourth-order valence-electron chi connectivity index (χ4n) is 2.88. The minimum atomic E-state index is -0.681. The number of rotatable bonds is 6. The Bertz CT molecular complexity index is 643. The molecule has 1 aliphatic heterocycles. The third-order valence-electron chi connectivity index (χ3n) is 4.09. The standard InChI is InChI=1S/C19H25NO4/c1-19(2,3)17(22)14-15(13-9-6-5-7-10-13)20(11-8-12-24-4)18(23)16(14)21/h5-7,9-10,15,21H,8,11-12H2,1-4H3. The molecule has 5 nitrogen and oxygen atoms in total. The number of ether oxygens (including phenoxy) is 1. The molecule has 0 aliphatic carbocycles. The van der Waals surface area contributed by atoms with Gasteiger partial charge in [0.05, 0.1) is 11.6 Å². The summed E-state index contributed by atoms with van der Waals surface area (Å²) in [4.78, 5) is 27.0. The molecule has 1 N–H and O–H groups in total. The Kier molecular flexibility index (Phi) is 5.44. The summed E-state index contributed by atoms with van der Waals surface area (Å²) in [5.41, 5.74) is 0.329. The highest BCUT2D eigenvalue weighted by molar-refractivity contribution is 6.10. The summed E-state index contributed by atoms with van der Waals surface area (Å²) in [5, 5.41) is 10.4. The molecule has 1 unspecified atom stereocenters. The molecule has 0 saturated heterocycles. The first kappa shape index (κ1) is 18.2. The van der Waals surface area contributed by atoms with Crippen LogP contribution in [0.2, 0.25) is 0 Å². The van der Waals surface area contributed by atoms with E-state index in [1.165, 1.54) is 0 Å². The Morgan fingerprint density at radius 2 is 1.88 bits per heavy atom. The van der Waals surface area contributed by atoms with Crippen molar-refractivity contribution < 1.29 is 19.4 Å². The maximum atomic E-state index is 12.9. The lowest BCUT2D eigenvalue weighted by Gasteiger charge is -2.28. The van der Waals surface area contributed by atoms with Gasteiger partial charge in [-0.3, -0.25) is 9.59 Å². The van der Waals surface area contributed by atoms with Crippen LogP contribution in [-0.2, 0) is 14.3 Å². The lowest BCUT2D eigenvalue weighted by Crippen LogP contribution is -2.34. The quantitative estimate of drug-likeness (QED) is 0.814. The topological polar surface area (TPSA) is 66.8 Å². The van der Waals surface area contributed by atoms with Crippen molar-refractivity contribution in [2.75, 3.05) is 20.3 Å². The van der Waals surface area contributed by atoms with Crippen molar-refractivity contribution in [3.63, 3.8) is 0 Å². The Morgan fingerprint density at radius 3 is 2.42 bits per heavy atom. The Balaban J connectivity index is 2.46. The molecular weight excluding hydrogens is 306 g/mol. The van der Waals surface area contributed by atoms with E-state index in [0.29, 0.717) is 19.6 Å². The van der Waals surface area contributed by atoms with Crippen LogP contribution in [0.5, 0.6) is 0 Å². The van der Waals surface area contributed by atoms with Gasteiger partial charge in [0.2, 0.25) is 0 Å². The van der Waals surface area contributed by atoms with Gasteiger partial charge in [-0.1, -0.05) is 51.1 Å². The van der Waals surface area contributed by atoms with Crippen molar-refractivity contribution in [3.8, 4) is 0 Å². The molecule has 5 heteroatoms. The van der Waals surface area contributed by atoms with Gasteiger partial charge in [-0.25, -0.2) is 0 Å². The number of ketones is 1. The van der Waals surface area contributed by atoms with Crippen molar-refractivity contribution in [1.82, 2.24) is 4.90 Å². The van der Waals surface area contributed by atoms with Gasteiger partial charge in [-0.2, -0.15) is 0 Å². The zero-order valence-electron chi connectivity index (χ0n) is 14.7. The van der Waals surface area contributed by atoms with Gasteiger partial charge >= 0.3 is 0 Å². The number of nitrogens with zero attached hydrogens (tertiary/aromatic N) is 1. The molecule has 1 aromatic carbocycles. The molecular formula is C19H25NO4. The number of carbonyl (C=O) groups is 2. The number of hydrogen-bond donors (Lipinski definition) is 1. The summed E-state index contributed by atoms with van der Waals surface area (Å²) in [6, 6.07) is 8.79. The molecule has 1 amide bonds. The second-order valence-corrected chi connectivity index (χ2v) is 7.00. The maximum absolute atomic E-state index is 12.9. The van der Waals surface area contributed by atoms with Gasteiger partial charge in [-0.15, -0.1) is 0 Å². The molecule has 1 heterocycles. The van der Waals surface area contributed by atoms with Crippen LogP contribution >= 0.6 is 0 Å². The molecule has 0 radical (unpaired) electrons. The van der Waals surface area contributed by atoms with E-state index in [1.807, 2.05) is 30.3 Å². The summed E-state index contributed by atoms with van der Waals surface area (Å²) in [6.45, 7) is 6.28. The van der Waals surface area contributed by atoms with Crippen LogP contribution in [-0.4, -0.2) is 42.0 Å². The second-order valence-electron chi connectivity index (χ2n) is 7.00. The Labute approximate surface area is 142 Å². The average molecular weight is 331 g/mol. The van der Waals surface area contributed by atoms with Crippen LogP contribution in [0.4, 0.5) is 0 Å². The van der Waals surface area contributed by atoms with Gasteiger partial charge in [-0.05, 0) is 12.0 Å². The summed E-state index contributed by atoms with van der Waals surface area (Å²) < 4.78 is 5.05. The normalized spacial score (nSPS) is 18.4. The Morgan fingerprint density at radius 1 is 1.25 bits per heavy atom. The first-order valence-corrected chi connectivity index (χ1v) is 8.11. The maximum Gasteiger partial charge on any atom is 0.290 e. The number of hydrogen-bond acceptors (Lipinski definition) is 4. The average Bonchev–Trinajstić information content (AvgIpc) is 2.79. The number of aliphatic hydroxyl groups is 1. The molecule has 0 saturated carbocycles. The van der Waals surface area contributed by atoms with Crippen molar-refractivity contribution in [3.05, 3.63) is 47.2 Å². The number of methoxy groups -OCH3 is 1. The van der Waals surface area contributed by atoms with E-state index in [9.17, 15) is 14.7 Å². The SMILES string of the molecule is COCCCN1C(=O)C(O)=C(C(=O)C(C)(C)C)C1c1ccccc1. The van der Waals surface area contributed by atoms with Crippen LogP contribution in [0.25, 0.3) is 0 Å². The fraction of sp³-hybridized carbons (Fsp3) is 0.474. The molecule has 130 valence electrons. The third kappa shape index (κ3) is 3.51. The smallest absolute Gasteiger partial charge is 0.290 e. The summed E-state index contributed by atoms with van der Waals surface area (Å²) >= 11 is 0. The minimum absolute atomic E-state index is 0.191. The van der Waals surface area contributed by atoms with E-state index < -0.39 is 23.1 Å². The number of aliphatic hydroxyl groups excluding tert-OH is 1. The van der Waals surface area contributed by atoms with Gasteiger partial charge in [0, 0.05) is 25.7 Å². The van der Waals surface area contributed by atoms with E-state index in [4.69, 9.17) is 4.74 Å². The van der Waals surface area contributed by atoms with E-state index in [0.717, 1.165) is 5.56 Å². The van der Waals surface area contributed by atoms with Crippen LogP contribution < -0.4 is 0 Å². The first-order valence-electron chi connectivity index (χ1n) is 8.11.